The molecule has 0 atom stereocenters. The van der Waals surface area contributed by atoms with Gasteiger partial charge in [0.1, 0.15) is 11.5 Å². The zero-order chi connectivity index (χ0) is 12.3. The van der Waals surface area contributed by atoms with E-state index >= 15 is 0 Å². The highest BCUT2D eigenvalue weighted by atomic mass is 16.3. The van der Waals surface area contributed by atoms with Crippen LogP contribution in [-0.4, -0.2) is 10.2 Å². The lowest BCUT2D eigenvalue weighted by Gasteiger charge is -2.07. The number of phenolic OH excluding ortho intramolecular Hbond substituents is 2. The van der Waals surface area contributed by atoms with E-state index in [1.807, 2.05) is 37.3 Å². The van der Waals surface area contributed by atoms with Gasteiger partial charge in [-0.15, -0.1) is 0 Å². The molecule has 0 aliphatic carbocycles. The molecule has 0 saturated heterocycles. The van der Waals surface area contributed by atoms with Gasteiger partial charge in [-0.2, -0.15) is 0 Å². The van der Waals surface area contributed by atoms with Crippen LogP contribution in [0, 0.1) is 6.92 Å². The molecule has 0 saturated carbocycles. The van der Waals surface area contributed by atoms with Gasteiger partial charge in [-0.1, -0.05) is 35.9 Å². The Bertz CT molecular complexity index is 518. The lowest BCUT2D eigenvalue weighted by atomic mass is 10.0. The van der Waals surface area contributed by atoms with Gasteiger partial charge in [-0.3, -0.25) is 0 Å². The van der Waals surface area contributed by atoms with Gasteiger partial charge in [0.05, 0.1) is 0 Å². The third-order valence-corrected chi connectivity index (χ3v) is 2.89. The number of hydrogen-bond acceptors (Lipinski definition) is 2. The van der Waals surface area contributed by atoms with Crippen molar-refractivity contribution in [3.63, 3.8) is 0 Å². The molecule has 2 nitrogen and oxygen atoms in total. The maximum atomic E-state index is 9.72. The summed E-state index contributed by atoms with van der Waals surface area (Å²) in [6, 6.07) is 12.9. The van der Waals surface area contributed by atoms with E-state index in [4.69, 9.17) is 0 Å². The highest BCUT2D eigenvalue weighted by Gasteiger charge is 2.04. The van der Waals surface area contributed by atoms with Crippen molar-refractivity contribution in [2.75, 3.05) is 0 Å². The third-order valence-electron chi connectivity index (χ3n) is 2.89. The Labute approximate surface area is 101 Å². The van der Waals surface area contributed by atoms with Gasteiger partial charge in [-0.25, -0.2) is 0 Å². The molecule has 0 unspecified atom stereocenters. The quantitative estimate of drug-likeness (QED) is 0.847. The molecule has 88 valence electrons. The smallest absolute Gasteiger partial charge is 0.118 e. The van der Waals surface area contributed by atoms with Crippen molar-refractivity contribution in [1.29, 1.82) is 0 Å². The van der Waals surface area contributed by atoms with Crippen LogP contribution in [0.4, 0.5) is 0 Å². The number of rotatable bonds is 3. The lowest BCUT2D eigenvalue weighted by Crippen LogP contribution is -1.93. The maximum absolute atomic E-state index is 9.72. The summed E-state index contributed by atoms with van der Waals surface area (Å²) in [6.07, 6.45) is 1.45. The Balaban J connectivity index is 2.12. The second-order valence-electron chi connectivity index (χ2n) is 4.26. The SMILES string of the molecule is Cc1ccc(O)c(CCc2ccccc2O)c1. The fourth-order valence-corrected chi connectivity index (χ4v) is 1.91. The molecule has 0 amide bonds. The number of phenols is 2. The number of aryl methyl sites for hydroxylation is 3. The summed E-state index contributed by atoms with van der Waals surface area (Å²) in [5.74, 6) is 0.644. The van der Waals surface area contributed by atoms with Gasteiger partial charge in [0.15, 0.2) is 0 Å². The molecule has 17 heavy (non-hydrogen) atoms. The van der Waals surface area contributed by atoms with E-state index in [-0.39, 0.29) is 0 Å². The Kier molecular flexibility index (Phi) is 3.33. The van der Waals surface area contributed by atoms with Crippen LogP contribution >= 0.6 is 0 Å². The first-order valence-corrected chi connectivity index (χ1v) is 5.72. The van der Waals surface area contributed by atoms with E-state index in [0.717, 1.165) is 29.5 Å². The van der Waals surface area contributed by atoms with E-state index < -0.39 is 0 Å². The van der Waals surface area contributed by atoms with Crippen molar-refractivity contribution >= 4 is 0 Å². The zero-order valence-electron chi connectivity index (χ0n) is 9.85. The second-order valence-corrected chi connectivity index (χ2v) is 4.26. The van der Waals surface area contributed by atoms with Crippen LogP contribution in [0.1, 0.15) is 16.7 Å². The summed E-state index contributed by atoms with van der Waals surface area (Å²) >= 11 is 0. The molecule has 0 bridgehead atoms. The Morgan fingerprint density at radius 3 is 2.24 bits per heavy atom. The highest BCUT2D eigenvalue weighted by Crippen LogP contribution is 2.22. The first-order valence-electron chi connectivity index (χ1n) is 5.72. The monoisotopic (exact) mass is 228 g/mol. The normalized spacial score (nSPS) is 10.4. The van der Waals surface area contributed by atoms with Crippen molar-refractivity contribution in [1.82, 2.24) is 0 Å². The number of aromatic hydroxyl groups is 2. The molecule has 0 aliphatic rings. The molecule has 2 aromatic rings. The molecule has 2 rings (SSSR count). The first kappa shape index (κ1) is 11.5. The first-order chi connectivity index (χ1) is 8.16. The summed E-state index contributed by atoms with van der Waals surface area (Å²) in [5, 5.41) is 19.4. The maximum Gasteiger partial charge on any atom is 0.118 e. The fraction of sp³-hybridized carbons (Fsp3) is 0.200. The van der Waals surface area contributed by atoms with Crippen LogP contribution < -0.4 is 0 Å². The summed E-state index contributed by atoms with van der Waals surface area (Å²) < 4.78 is 0. The van der Waals surface area contributed by atoms with E-state index in [2.05, 4.69) is 0 Å². The predicted octanol–water partition coefficient (Wildman–Crippen LogP) is 3.19. The Morgan fingerprint density at radius 1 is 0.824 bits per heavy atom. The molecular formula is C15H16O2. The zero-order valence-corrected chi connectivity index (χ0v) is 9.85. The van der Waals surface area contributed by atoms with Gasteiger partial charge in [-0.05, 0) is 43.0 Å². The summed E-state index contributed by atoms with van der Waals surface area (Å²) in [6.45, 7) is 2.00. The lowest BCUT2D eigenvalue weighted by molar-refractivity contribution is 0.462. The van der Waals surface area contributed by atoms with E-state index in [1.165, 1.54) is 0 Å². The van der Waals surface area contributed by atoms with Crippen molar-refractivity contribution in [2.24, 2.45) is 0 Å². The van der Waals surface area contributed by atoms with E-state index in [1.54, 1.807) is 12.1 Å². The van der Waals surface area contributed by atoms with Gasteiger partial charge in [0, 0.05) is 0 Å². The summed E-state index contributed by atoms with van der Waals surface area (Å²) in [5.41, 5.74) is 2.97. The fourth-order valence-electron chi connectivity index (χ4n) is 1.91. The highest BCUT2D eigenvalue weighted by molar-refractivity contribution is 5.38. The Hall–Kier alpha value is -1.96. The molecular weight excluding hydrogens is 212 g/mol. The second kappa shape index (κ2) is 4.91. The van der Waals surface area contributed by atoms with Crippen molar-refractivity contribution in [3.05, 3.63) is 59.2 Å². The molecule has 0 aliphatic heterocycles. The van der Waals surface area contributed by atoms with Gasteiger partial charge in [0.25, 0.3) is 0 Å². The van der Waals surface area contributed by atoms with Gasteiger partial charge < -0.3 is 10.2 Å². The minimum Gasteiger partial charge on any atom is -0.508 e. The minimum atomic E-state index is 0.319. The van der Waals surface area contributed by atoms with Crippen LogP contribution in [0.25, 0.3) is 0 Å². The third kappa shape index (κ3) is 2.78. The number of hydrogen-bond donors (Lipinski definition) is 2. The molecule has 0 aromatic heterocycles. The van der Waals surface area contributed by atoms with Crippen molar-refractivity contribution in [3.8, 4) is 11.5 Å². The topological polar surface area (TPSA) is 40.5 Å². The Morgan fingerprint density at radius 2 is 1.47 bits per heavy atom. The van der Waals surface area contributed by atoms with Crippen LogP contribution in [0.5, 0.6) is 11.5 Å². The van der Waals surface area contributed by atoms with Gasteiger partial charge >= 0.3 is 0 Å². The average molecular weight is 228 g/mol. The average Bonchev–Trinajstić information content (AvgIpc) is 2.32. The minimum absolute atomic E-state index is 0.319. The van der Waals surface area contributed by atoms with E-state index in [0.29, 0.717) is 11.5 Å². The molecule has 0 fully saturated rings. The van der Waals surface area contributed by atoms with Crippen LogP contribution in [0.15, 0.2) is 42.5 Å². The number of benzene rings is 2. The summed E-state index contributed by atoms with van der Waals surface area (Å²) in [4.78, 5) is 0. The van der Waals surface area contributed by atoms with Crippen LogP contribution in [-0.2, 0) is 12.8 Å². The summed E-state index contributed by atoms with van der Waals surface area (Å²) in [7, 11) is 0. The number of para-hydroxylation sites is 1. The molecule has 2 heteroatoms. The van der Waals surface area contributed by atoms with Crippen LogP contribution in [0.2, 0.25) is 0 Å². The van der Waals surface area contributed by atoms with Crippen LogP contribution in [0.3, 0.4) is 0 Å². The van der Waals surface area contributed by atoms with Crippen molar-refractivity contribution < 1.29 is 10.2 Å². The van der Waals surface area contributed by atoms with Gasteiger partial charge in [0.2, 0.25) is 0 Å². The van der Waals surface area contributed by atoms with Crippen molar-refractivity contribution in [2.45, 2.75) is 19.8 Å². The molecule has 2 N–H and O–H groups in total. The molecule has 0 spiro atoms. The molecule has 0 heterocycles. The molecule has 2 aromatic carbocycles. The van der Waals surface area contributed by atoms with E-state index in [9.17, 15) is 10.2 Å². The standard InChI is InChI=1S/C15H16O2/c1-11-6-9-15(17)13(10-11)8-7-12-4-2-3-5-14(12)16/h2-6,9-10,16-17H,7-8H2,1H3. The largest absolute Gasteiger partial charge is 0.508 e. The molecule has 0 radical (unpaired) electrons. The predicted molar refractivity (Wildman–Crippen MR) is 68.4 cm³/mol.